The van der Waals surface area contributed by atoms with E-state index in [1.165, 1.54) is 7.11 Å². The van der Waals surface area contributed by atoms with E-state index in [0.29, 0.717) is 22.5 Å². The minimum atomic E-state index is -0.618. The highest BCUT2D eigenvalue weighted by Crippen LogP contribution is 2.41. The molecule has 6 nitrogen and oxygen atoms in total. The molecule has 28 heavy (non-hydrogen) atoms. The normalized spacial score (nSPS) is 17.0. The summed E-state index contributed by atoms with van der Waals surface area (Å²) in [6, 6.07) is 9.48. The number of esters is 2. The number of pyridine rings is 1. The predicted octanol–water partition coefficient (Wildman–Crippen LogP) is 3.59. The third kappa shape index (κ3) is 3.50. The molecule has 1 unspecified atom stereocenters. The second-order valence-corrected chi connectivity index (χ2v) is 7.00. The van der Waals surface area contributed by atoms with Gasteiger partial charge in [-0.05, 0) is 45.4 Å². The van der Waals surface area contributed by atoms with Gasteiger partial charge in [0.05, 0.1) is 35.8 Å². The van der Waals surface area contributed by atoms with Crippen LogP contribution < -0.4 is 5.32 Å². The van der Waals surface area contributed by atoms with Crippen LogP contribution in [-0.4, -0.2) is 30.1 Å². The van der Waals surface area contributed by atoms with Gasteiger partial charge in [0.25, 0.3) is 0 Å². The molecule has 0 amide bonds. The SMILES string of the molecule is COC(=O)C1=C(C)NC(C)=C(C(=O)OC(C)C)C1c1ccnc2ccccc12. The van der Waals surface area contributed by atoms with Crippen LogP contribution in [0.3, 0.4) is 0 Å². The number of methoxy groups -OCH3 is 1. The van der Waals surface area contributed by atoms with Crippen LogP contribution in [0.4, 0.5) is 0 Å². The highest BCUT2D eigenvalue weighted by atomic mass is 16.5. The van der Waals surface area contributed by atoms with Crippen molar-refractivity contribution in [1.82, 2.24) is 10.3 Å². The number of aromatic nitrogens is 1. The van der Waals surface area contributed by atoms with E-state index < -0.39 is 17.9 Å². The number of carbonyl (C=O) groups excluding carboxylic acids is 2. The van der Waals surface area contributed by atoms with Crippen LogP contribution in [-0.2, 0) is 19.1 Å². The summed E-state index contributed by atoms with van der Waals surface area (Å²) in [5.41, 5.74) is 3.69. The van der Waals surface area contributed by atoms with Gasteiger partial charge in [0.1, 0.15) is 0 Å². The molecular weight excluding hydrogens is 356 g/mol. The largest absolute Gasteiger partial charge is 0.466 e. The van der Waals surface area contributed by atoms with E-state index in [1.807, 2.05) is 37.3 Å². The molecule has 1 atom stereocenters. The molecule has 0 fully saturated rings. The number of nitrogens with one attached hydrogen (secondary N) is 1. The Balaban J connectivity index is 2.28. The van der Waals surface area contributed by atoms with Crippen molar-refractivity contribution >= 4 is 22.8 Å². The number of rotatable bonds is 4. The number of allylic oxidation sites excluding steroid dienone is 2. The van der Waals surface area contributed by atoms with Gasteiger partial charge in [0, 0.05) is 23.0 Å². The lowest BCUT2D eigenvalue weighted by molar-refractivity contribution is -0.143. The third-order valence-electron chi connectivity index (χ3n) is 4.72. The molecule has 0 aliphatic carbocycles. The molecule has 1 aliphatic heterocycles. The van der Waals surface area contributed by atoms with Gasteiger partial charge in [-0.2, -0.15) is 0 Å². The van der Waals surface area contributed by atoms with Crippen LogP contribution in [0.25, 0.3) is 10.9 Å². The van der Waals surface area contributed by atoms with Crippen LogP contribution in [0.2, 0.25) is 0 Å². The van der Waals surface area contributed by atoms with Gasteiger partial charge in [-0.15, -0.1) is 0 Å². The zero-order valence-corrected chi connectivity index (χ0v) is 16.7. The lowest BCUT2D eigenvalue weighted by Gasteiger charge is -2.31. The van der Waals surface area contributed by atoms with E-state index in [9.17, 15) is 9.59 Å². The first-order valence-electron chi connectivity index (χ1n) is 9.16. The number of benzene rings is 1. The summed E-state index contributed by atoms with van der Waals surface area (Å²) in [5.74, 6) is -1.56. The van der Waals surface area contributed by atoms with E-state index in [-0.39, 0.29) is 6.10 Å². The maximum Gasteiger partial charge on any atom is 0.337 e. The van der Waals surface area contributed by atoms with E-state index in [0.717, 1.165) is 16.5 Å². The summed E-state index contributed by atoms with van der Waals surface area (Å²) in [7, 11) is 1.33. The zero-order valence-electron chi connectivity index (χ0n) is 16.7. The molecule has 146 valence electrons. The average molecular weight is 380 g/mol. The number of para-hydroxylation sites is 1. The first-order valence-corrected chi connectivity index (χ1v) is 9.16. The summed E-state index contributed by atoms with van der Waals surface area (Å²) in [4.78, 5) is 30.1. The van der Waals surface area contributed by atoms with Crippen molar-refractivity contribution in [3.8, 4) is 0 Å². The molecule has 2 aromatic rings. The van der Waals surface area contributed by atoms with Gasteiger partial charge in [0.2, 0.25) is 0 Å². The lowest BCUT2D eigenvalue weighted by Crippen LogP contribution is -2.33. The molecule has 1 N–H and O–H groups in total. The second-order valence-electron chi connectivity index (χ2n) is 7.00. The van der Waals surface area contributed by atoms with Crippen molar-refractivity contribution in [2.45, 2.75) is 39.7 Å². The standard InChI is InChI=1S/C22H24N2O4/c1-12(2)28-22(26)19-14(4)24-13(3)18(21(25)27-5)20(19)16-10-11-23-17-9-7-6-8-15(16)17/h6-12,20,24H,1-5H3. The summed E-state index contributed by atoms with van der Waals surface area (Å²) >= 11 is 0. The highest BCUT2D eigenvalue weighted by molar-refractivity contribution is 6.01. The number of hydrogen-bond donors (Lipinski definition) is 1. The zero-order chi connectivity index (χ0) is 20.4. The Morgan fingerprint density at radius 2 is 1.68 bits per heavy atom. The summed E-state index contributed by atoms with van der Waals surface area (Å²) < 4.78 is 10.5. The second kappa shape index (κ2) is 7.84. The van der Waals surface area contributed by atoms with Crippen molar-refractivity contribution in [3.05, 3.63) is 64.6 Å². The van der Waals surface area contributed by atoms with Crippen molar-refractivity contribution in [3.63, 3.8) is 0 Å². The Labute approximate surface area is 164 Å². The van der Waals surface area contributed by atoms with Crippen LogP contribution in [0.5, 0.6) is 0 Å². The number of carbonyl (C=O) groups is 2. The minimum absolute atomic E-state index is 0.281. The fraction of sp³-hybridized carbons (Fsp3) is 0.318. The minimum Gasteiger partial charge on any atom is -0.466 e. The van der Waals surface area contributed by atoms with Crippen LogP contribution in [0.1, 0.15) is 39.2 Å². The average Bonchev–Trinajstić information content (AvgIpc) is 2.65. The summed E-state index contributed by atoms with van der Waals surface area (Å²) in [6.45, 7) is 7.20. The van der Waals surface area contributed by atoms with E-state index in [4.69, 9.17) is 9.47 Å². The van der Waals surface area contributed by atoms with Crippen molar-refractivity contribution in [2.24, 2.45) is 0 Å². The molecular formula is C22H24N2O4. The Morgan fingerprint density at radius 3 is 2.32 bits per heavy atom. The number of ether oxygens (including phenoxy) is 2. The molecule has 1 aromatic carbocycles. The lowest BCUT2D eigenvalue weighted by atomic mass is 9.79. The maximum atomic E-state index is 13.0. The highest BCUT2D eigenvalue weighted by Gasteiger charge is 2.38. The van der Waals surface area contributed by atoms with Crippen molar-refractivity contribution < 1.29 is 19.1 Å². The number of fused-ring (bicyclic) bond motifs is 1. The topological polar surface area (TPSA) is 77.5 Å². The van der Waals surface area contributed by atoms with Gasteiger partial charge < -0.3 is 14.8 Å². The number of nitrogens with zero attached hydrogens (tertiary/aromatic N) is 1. The van der Waals surface area contributed by atoms with Gasteiger partial charge in [-0.1, -0.05) is 18.2 Å². The molecule has 0 bridgehead atoms. The smallest absolute Gasteiger partial charge is 0.337 e. The molecule has 0 radical (unpaired) electrons. The Bertz CT molecular complexity index is 999. The maximum absolute atomic E-state index is 13.0. The molecule has 0 saturated carbocycles. The molecule has 3 rings (SSSR count). The number of dihydropyridines is 1. The summed E-state index contributed by atoms with van der Waals surface area (Å²) in [5, 5.41) is 4.01. The Hall–Kier alpha value is -3.15. The van der Waals surface area contributed by atoms with E-state index in [1.54, 1.807) is 27.0 Å². The van der Waals surface area contributed by atoms with Gasteiger partial charge in [-0.25, -0.2) is 9.59 Å². The van der Waals surface area contributed by atoms with Crippen molar-refractivity contribution in [2.75, 3.05) is 7.11 Å². The molecule has 6 heteroatoms. The Morgan fingerprint density at radius 1 is 1.04 bits per heavy atom. The van der Waals surface area contributed by atoms with E-state index >= 15 is 0 Å². The van der Waals surface area contributed by atoms with Gasteiger partial charge in [-0.3, -0.25) is 4.98 Å². The fourth-order valence-electron chi connectivity index (χ4n) is 3.60. The molecule has 1 aliphatic rings. The van der Waals surface area contributed by atoms with Crippen LogP contribution >= 0.6 is 0 Å². The quantitative estimate of drug-likeness (QED) is 0.817. The molecule has 2 heterocycles. The monoisotopic (exact) mass is 380 g/mol. The third-order valence-corrected chi connectivity index (χ3v) is 4.72. The number of hydrogen-bond acceptors (Lipinski definition) is 6. The van der Waals surface area contributed by atoms with E-state index in [2.05, 4.69) is 10.3 Å². The summed E-state index contributed by atoms with van der Waals surface area (Å²) in [6.07, 6.45) is 1.40. The molecule has 0 spiro atoms. The van der Waals surface area contributed by atoms with Gasteiger partial charge >= 0.3 is 11.9 Å². The molecule has 1 aromatic heterocycles. The first kappa shape index (κ1) is 19.6. The fourth-order valence-corrected chi connectivity index (χ4v) is 3.60. The van der Waals surface area contributed by atoms with Crippen LogP contribution in [0, 0.1) is 0 Å². The van der Waals surface area contributed by atoms with Crippen molar-refractivity contribution in [1.29, 1.82) is 0 Å². The first-order chi connectivity index (χ1) is 13.3. The predicted molar refractivity (Wildman–Crippen MR) is 106 cm³/mol. The molecule has 0 saturated heterocycles. The Kier molecular flexibility index (Phi) is 5.49. The van der Waals surface area contributed by atoms with Gasteiger partial charge in [0.15, 0.2) is 0 Å². The van der Waals surface area contributed by atoms with Crippen LogP contribution in [0.15, 0.2) is 59.1 Å².